The Balaban J connectivity index is 1.49. The van der Waals surface area contributed by atoms with E-state index in [-0.39, 0.29) is 5.69 Å². The van der Waals surface area contributed by atoms with Gasteiger partial charge in [0.25, 0.3) is 5.91 Å². The molecule has 0 saturated heterocycles. The van der Waals surface area contributed by atoms with Crippen molar-refractivity contribution in [3.63, 3.8) is 0 Å². The Morgan fingerprint density at radius 3 is 2.80 bits per heavy atom. The van der Waals surface area contributed by atoms with Gasteiger partial charge in [0.15, 0.2) is 5.16 Å². The summed E-state index contributed by atoms with van der Waals surface area (Å²) < 4.78 is 39.0. The Labute approximate surface area is 207 Å². The molecule has 178 valence electrons. The van der Waals surface area contributed by atoms with Crippen LogP contribution in [0.5, 0.6) is 0 Å². The van der Waals surface area contributed by atoms with Gasteiger partial charge in [0.2, 0.25) is 0 Å². The fourth-order valence-electron chi connectivity index (χ4n) is 3.82. The number of pyridine rings is 1. The van der Waals surface area contributed by atoms with Crippen LogP contribution in [0.1, 0.15) is 27.2 Å². The number of alkyl halides is 3. The Hall–Kier alpha value is -3.44. The second kappa shape index (κ2) is 8.97. The number of thioether (sulfide) groups is 1. The molecule has 0 saturated carbocycles. The van der Waals surface area contributed by atoms with Crippen molar-refractivity contribution in [2.45, 2.75) is 11.3 Å². The van der Waals surface area contributed by atoms with Gasteiger partial charge in [-0.1, -0.05) is 23.4 Å². The number of fused-ring (bicyclic) bond motifs is 3. The van der Waals surface area contributed by atoms with Gasteiger partial charge in [-0.05, 0) is 42.7 Å². The molecule has 4 heterocycles. The summed E-state index contributed by atoms with van der Waals surface area (Å²) in [5.74, 6) is 0.693. The molecule has 3 aromatic rings. The smallest absolute Gasteiger partial charge is 0.321 e. The zero-order valence-electron chi connectivity index (χ0n) is 18.1. The van der Waals surface area contributed by atoms with Crippen LogP contribution in [-0.2, 0) is 6.18 Å². The third-order valence-electron chi connectivity index (χ3n) is 5.43. The van der Waals surface area contributed by atoms with E-state index in [9.17, 15) is 18.0 Å². The number of nitrogens with zero attached hydrogens (tertiary/aromatic N) is 5. The lowest BCUT2D eigenvalue weighted by Crippen LogP contribution is -2.32. The largest absolute Gasteiger partial charge is 0.416 e. The van der Waals surface area contributed by atoms with Crippen molar-refractivity contribution in [1.82, 2.24) is 15.0 Å². The third kappa shape index (κ3) is 4.48. The molecule has 0 bridgehead atoms. The van der Waals surface area contributed by atoms with E-state index in [1.807, 2.05) is 17.2 Å². The van der Waals surface area contributed by atoms with Crippen LogP contribution < -0.4 is 10.2 Å². The molecule has 2 aliphatic heterocycles. The summed E-state index contributed by atoms with van der Waals surface area (Å²) in [6, 6.07) is 6.35. The van der Waals surface area contributed by atoms with Crippen molar-refractivity contribution in [2.75, 3.05) is 29.6 Å². The lowest BCUT2D eigenvalue weighted by atomic mass is 9.98. The van der Waals surface area contributed by atoms with Crippen molar-refractivity contribution in [2.24, 2.45) is 4.99 Å². The van der Waals surface area contributed by atoms with Crippen molar-refractivity contribution in [3.05, 3.63) is 70.1 Å². The van der Waals surface area contributed by atoms with Crippen LogP contribution in [0.3, 0.4) is 0 Å². The molecule has 2 aromatic heterocycles. The summed E-state index contributed by atoms with van der Waals surface area (Å²) >= 11 is 7.97. The summed E-state index contributed by atoms with van der Waals surface area (Å²) in [7, 11) is 0. The number of aliphatic imine (C=N–C) groups is 1. The lowest BCUT2D eigenvalue weighted by Gasteiger charge is -2.28. The maximum atomic E-state index is 13.0. The van der Waals surface area contributed by atoms with E-state index >= 15 is 0 Å². The van der Waals surface area contributed by atoms with E-state index in [4.69, 9.17) is 11.6 Å². The highest BCUT2D eigenvalue weighted by Crippen LogP contribution is 2.38. The molecule has 7 nitrogen and oxygen atoms in total. The van der Waals surface area contributed by atoms with E-state index in [1.54, 1.807) is 24.4 Å². The number of halogens is 4. The summed E-state index contributed by atoms with van der Waals surface area (Å²) in [6.07, 6.45) is 1.90. The van der Waals surface area contributed by atoms with Crippen molar-refractivity contribution >= 4 is 58.3 Å². The van der Waals surface area contributed by atoms with Crippen LogP contribution in [0.4, 0.5) is 24.7 Å². The monoisotopic (exact) mass is 516 g/mol. The average Bonchev–Trinajstić information content (AvgIpc) is 3.34. The first kappa shape index (κ1) is 23.3. The number of anilines is 2. The van der Waals surface area contributed by atoms with Gasteiger partial charge < -0.3 is 10.2 Å². The number of rotatable bonds is 4. The van der Waals surface area contributed by atoms with Crippen LogP contribution in [0.15, 0.2) is 52.9 Å². The summed E-state index contributed by atoms with van der Waals surface area (Å²) in [5, 5.41) is 3.67. The molecule has 0 radical (unpaired) electrons. The maximum absolute atomic E-state index is 13.0. The second-order valence-electron chi connectivity index (χ2n) is 7.63. The minimum absolute atomic E-state index is 0.347. The van der Waals surface area contributed by atoms with Crippen LogP contribution in [0.2, 0.25) is 5.02 Å². The normalized spacial score (nSPS) is 14.7. The Kier molecular flexibility index (Phi) is 5.97. The maximum Gasteiger partial charge on any atom is 0.416 e. The average molecular weight is 517 g/mol. The van der Waals surface area contributed by atoms with Gasteiger partial charge in [0, 0.05) is 46.3 Å². The number of benzene rings is 1. The molecule has 0 aliphatic carbocycles. The van der Waals surface area contributed by atoms with Crippen LogP contribution in [0, 0.1) is 0 Å². The zero-order chi connectivity index (χ0) is 24.7. The lowest BCUT2D eigenvalue weighted by molar-refractivity contribution is -0.137. The number of amides is 1. The third-order valence-corrected chi connectivity index (χ3v) is 6.32. The SMILES string of the molecule is CSc1ncc2c(n1)N1CCN=C1C(c1cc(NC(=O)c3cc(C(F)(F)F)ccn3)ccc1Cl)=C2. The van der Waals surface area contributed by atoms with Crippen molar-refractivity contribution < 1.29 is 18.0 Å². The molecular weight excluding hydrogens is 501 g/mol. The van der Waals surface area contributed by atoms with Gasteiger partial charge >= 0.3 is 6.18 Å². The molecule has 1 aromatic carbocycles. The topological polar surface area (TPSA) is 83.4 Å². The van der Waals surface area contributed by atoms with Gasteiger partial charge in [-0.3, -0.25) is 14.8 Å². The number of amidine groups is 1. The number of nitrogens with one attached hydrogen (secondary N) is 1. The van der Waals surface area contributed by atoms with Gasteiger partial charge in [-0.25, -0.2) is 9.97 Å². The predicted octanol–water partition coefficient (Wildman–Crippen LogP) is 5.29. The second-order valence-corrected chi connectivity index (χ2v) is 8.81. The van der Waals surface area contributed by atoms with Crippen molar-refractivity contribution in [3.8, 4) is 0 Å². The summed E-state index contributed by atoms with van der Waals surface area (Å²) in [5.41, 5.74) is 1.18. The van der Waals surface area contributed by atoms with Crippen LogP contribution in [0.25, 0.3) is 11.6 Å². The predicted molar refractivity (Wildman–Crippen MR) is 130 cm³/mol. The highest BCUT2D eigenvalue weighted by atomic mass is 35.5. The van der Waals surface area contributed by atoms with Gasteiger partial charge in [0.05, 0.1) is 12.1 Å². The van der Waals surface area contributed by atoms with Gasteiger partial charge in [0.1, 0.15) is 17.3 Å². The molecule has 5 rings (SSSR count). The number of hydrogen-bond donors (Lipinski definition) is 1. The number of carbonyl (C=O) groups is 1. The fraction of sp³-hybridized carbons (Fsp3) is 0.174. The van der Waals surface area contributed by atoms with E-state index in [0.29, 0.717) is 46.4 Å². The van der Waals surface area contributed by atoms with E-state index < -0.39 is 17.6 Å². The van der Waals surface area contributed by atoms with E-state index in [0.717, 1.165) is 29.2 Å². The molecule has 0 fully saturated rings. The molecule has 0 unspecified atom stereocenters. The minimum atomic E-state index is -4.58. The van der Waals surface area contributed by atoms with Gasteiger partial charge in [-0.15, -0.1) is 0 Å². The van der Waals surface area contributed by atoms with E-state index in [1.165, 1.54) is 11.8 Å². The Morgan fingerprint density at radius 2 is 2.03 bits per heavy atom. The molecule has 12 heteroatoms. The summed E-state index contributed by atoms with van der Waals surface area (Å²) in [4.78, 5) is 32.0. The van der Waals surface area contributed by atoms with Crippen molar-refractivity contribution in [1.29, 1.82) is 0 Å². The highest BCUT2D eigenvalue weighted by Gasteiger charge is 2.32. The Morgan fingerprint density at radius 1 is 1.20 bits per heavy atom. The highest BCUT2D eigenvalue weighted by molar-refractivity contribution is 7.98. The van der Waals surface area contributed by atoms with Gasteiger partial charge in [-0.2, -0.15) is 13.2 Å². The first-order valence-electron chi connectivity index (χ1n) is 10.3. The van der Waals surface area contributed by atoms with Crippen LogP contribution >= 0.6 is 23.4 Å². The number of hydrogen-bond acceptors (Lipinski definition) is 7. The number of carbonyl (C=O) groups excluding carboxylic acids is 1. The fourth-order valence-corrected chi connectivity index (χ4v) is 4.38. The molecule has 1 amide bonds. The molecule has 0 spiro atoms. The molecule has 0 atom stereocenters. The molecular formula is C23H16ClF3N6OS. The summed E-state index contributed by atoms with van der Waals surface area (Å²) in [6.45, 7) is 1.24. The number of aromatic nitrogens is 3. The standard InChI is InChI=1S/C23H16ClF3N6OS/c1-35-22-30-11-12-8-16(20-29-6-7-33(20)19(12)32-22)15-10-14(2-3-17(15)24)31-21(34)18-9-13(4-5-28-18)23(25,26)27/h2-5,8-11H,6-7H2,1H3,(H,31,34). The quantitative estimate of drug-likeness (QED) is 0.375. The first-order chi connectivity index (χ1) is 16.7. The molecule has 2 aliphatic rings. The first-order valence-corrected chi connectivity index (χ1v) is 11.9. The van der Waals surface area contributed by atoms with Crippen LogP contribution in [-0.4, -0.2) is 46.0 Å². The molecule has 35 heavy (non-hydrogen) atoms. The molecule has 1 N–H and O–H groups in total. The zero-order valence-corrected chi connectivity index (χ0v) is 19.7. The minimum Gasteiger partial charge on any atom is -0.321 e. The Bertz CT molecular complexity index is 1410. The van der Waals surface area contributed by atoms with E-state index in [2.05, 4.69) is 25.3 Å².